The number of aromatic nitrogens is 1. The molecular formula is C33H27N3O6S. The van der Waals surface area contributed by atoms with Crippen molar-refractivity contribution in [2.45, 2.75) is 28.3 Å². The molecule has 0 spiro atoms. The largest absolute Gasteiger partial charge is 0.467 e. The second kappa shape index (κ2) is 12.0. The van der Waals surface area contributed by atoms with E-state index in [1.165, 1.54) is 31.0 Å². The number of non-ortho nitro benzene ring substituents is 1. The van der Waals surface area contributed by atoms with E-state index in [9.17, 15) is 19.7 Å². The summed E-state index contributed by atoms with van der Waals surface area (Å²) in [6.45, 7) is 0.113. The number of carbonyl (C=O) groups is 2. The molecule has 9 nitrogen and oxygen atoms in total. The van der Waals surface area contributed by atoms with Gasteiger partial charge in [-0.1, -0.05) is 78.5 Å². The van der Waals surface area contributed by atoms with E-state index >= 15 is 0 Å². The second-order valence-electron chi connectivity index (χ2n) is 10.1. The summed E-state index contributed by atoms with van der Waals surface area (Å²) in [5.41, 5.74) is 6.08. The number of ether oxygens (including phenoxy) is 2. The fourth-order valence-electron chi connectivity index (χ4n) is 5.54. The van der Waals surface area contributed by atoms with E-state index in [0.717, 1.165) is 48.6 Å². The number of para-hydroxylation sites is 1. The summed E-state index contributed by atoms with van der Waals surface area (Å²) < 4.78 is 10.8. The van der Waals surface area contributed by atoms with E-state index in [1.54, 1.807) is 12.1 Å². The smallest absolute Gasteiger partial charge is 0.407 e. The summed E-state index contributed by atoms with van der Waals surface area (Å²) in [4.78, 5) is 40.8. The molecule has 0 bridgehead atoms. The Morgan fingerprint density at radius 1 is 0.930 bits per heavy atom. The molecule has 1 atom stereocenters. The van der Waals surface area contributed by atoms with Crippen molar-refractivity contribution in [3.63, 3.8) is 0 Å². The molecule has 0 saturated carbocycles. The lowest BCUT2D eigenvalue weighted by atomic mass is 9.98. The molecule has 1 heterocycles. The second-order valence-corrected chi connectivity index (χ2v) is 11.2. The van der Waals surface area contributed by atoms with Gasteiger partial charge in [0.05, 0.1) is 17.1 Å². The summed E-state index contributed by atoms with van der Waals surface area (Å²) in [6, 6.07) is 29.0. The topological polar surface area (TPSA) is 124 Å². The number of aromatic amines is 1. The van der Waals surface area contributed by atoms with Crippen molar-refractivity contribution in [1.82, 2.24) is 10.3 Å². The van der Waals surface area contributed by atoms with Crippen molar-refractivity contribution in [2.24, 2.45) is 0 Å². The van der Waals surface area contributed by atoms with Crippen LogP contribution in [0.1, 0.15) is 22.6 Å². The van der Waals surface area contributed by atoms with Crippen LogP contribution in [-0.4, -0.2) is 41.7 Å². The van der Waals surface area contributed by atoms with Crippen LogP contribution in [0, 0.1) is 10.1 Å². The minimum Gasteiger partial charge on any atom is -0.467 e. The lowest BCUT2D eigenvalue weighted by Gasteiger charge is -2.19. The van der Waals surface area contributed by atoms with Crippen LogP contribution >= 0.6 is 11.8 Å². The number of nitro benzene ring substituents is 1. The molecule has 0 radical (unpaired) electrons. The van der Waals surface area contributed by atoms with Crippen LogP contribution in [0.25, 0.3) is 22.0 Å². The normalized spacial score (nSPS) is 12.8. The SMILES string of the molecule is COC(=O)[C@H](Cc1c(Sc2ccc([N+](=O)[O-])cc2)[nH]c2ccccc12)NC(=O)OCC1c2ccccc2-c2ccccc21. The minimum absolute atomic E-state index is 0.000678. The molecule has 1 aliphatic carbocycles. The number of nitrogens with zero attached hydrogens (tertiary/aromatic N) is 1. The minimum atomic E-state index is -1.02. The van der Waals surface area contributed by atoms with Gasteiger partial charge in [0.1, 0.15) is 12.6 Å². The third-order valence-corrected chi connectivity index (χ3v) is 8.63. The number of H-pyrrole nitrogens is 1. The molecule has 1 aliphatic rings. The number of carbonyl (C=O) groups excluding carboxylic acids is 2. The zero-order chi connectivity index (χ0) is 29.9. The van der Waals surface area contributed by atoms with E-state index in [2.05, 4.69) is 22.4 Å². The van der Waals surface area contributed by atoms with Gasteiger partial charge in [0, 0.05) is 40.3 Å². The van der Waals surface area contributed by atoms with Gasteiger partial charge in [-0.25, -0.2) is 9.59 Å². The predicted octanol–water partition coefficient (Wildman–Crippen LogP) is 6.85. The molecule has 1 amide bonds. The van der Waals surface area contributed by atoms with E-state index in [0.29, 0.717) is 0 Å². The zero-order valence-corrected chi connectivity index (χ0v) is 23.9. The van der Waals surface area contributed by atoms with Gasteiger partial charge in [-0.15, -0.1) is 0 Å². The highest BCUT2D eigenvalue weighted by atomic mass is 32.2. The lowest BCUT2D eigenvalue weighted by Crippen LogP contribution is -2.43. The Hall–Kier alpha value is -5.09. The fraction of sp³-hybridized carbons (Fsp3) is 0.152. The number of benzene rings is 4. The first-order valence-electron chi connectivity index (χ1n) is 13.6. The molecule has 1 aromatic heterocycles. The Kier molecular flexibility index (Phi) is 7.84. The van der Waals surface area contributed by atoms with Crippen LogP contribution in [0.3, 0.4) is 0 Å². The van der Waals surface area contributed by atoms with Crippen LogP contribution in [0.15, 0.2) is 107 Å². The number of rotatable bonds is 9. The summed E-state index contributed by atoms with van der Waals surface area (Å²) in [7, 11) is 1.27. The number of nitrogens with one attached hydrogen (secondary N) is 2. The average molecular weight is 594 g/mol. The first-order chi connectivity index (χ1) is 20.9. The van der Waals surface area contributed by atoms with Crippen molar-refractivity contribution >= 4 is 40.4 Å². The Morgan fingerprint density at radius 3 is 2.21 bits per heavy atom. The van der Waals surface area contributed by atoms with Crippen molar-refractivity contribution in [2.75, 3.05) is 13.7 Å². The maximum absolute atomic E-state index is 13.1. The van der Waals surface area contributed by atoms with Gasteiger partial charge < -0.3 is 19.8 Å². The van der Waals surface area contributed by atoms with E-state index < -0.39 is 23.0 Å². The number of amides is 1. The van der Waals surface area contributed by atoms with Crippen LogP contribution in [-0.2, 0) is 20.7 Å². The maximum atomic E-state index is 13.1. The molecule has 43 heavy (non-hydrogen) atoms. The number of hydrogen-bond donors (Lipinski definition) is 2. The van der Waals surface area contributed by atoms with E-state index in [4.69, 9.17) is 9.47 Å². The molecule has 216 valence electrons. The van der Waals surface area contributed by atoms with E-state index in [-0.39, 0.29) is 24.6 Å². The number of alkyl carbamates (subject to hydrolysis) is 1. The number of methoxy groups -OCH3 is 1. The molecular weight excluding hydrogens is 566 g/mol. The van der Waals surface area contributed by atoms with Crippen molar-refractivity contribution in [3.8, 4) is 11.1 Å². The van der Waals surface area contributed by atoms with E-state index in [1.807, 2.05) is 60.7 Å². The van der Waals surface area contributed by atoms with Gasteiger partial charge in [-0.2, -0.15) is 0 Å². The molecule has 2 N–H and O–H groups in total. The quantitative estimate of drug-likeness (QED) is 0.109. The number of esters is 1. The number of hydrogen-bond acceptors (Lipinski definition) is 7. The van der Waals surface area contributed by atoms with Gasteiger partial charge in [0.15, 0.2) is 0 Å². The molecule has 6 rings (SSSR count). The molecule has 5 aromatic rings. The highest BCUT2D eigenvalue weighted by Crippen LogP contribution is 2.44. The molecule has 0 unspecified atom stereocenters. The van der Waals surface area contributed by atoms with Gasteiger partial charge >= 0.3 is 12.1 Å². The first-order valence-corrected chi connectivity index (χ1v) is 14.5. The summed E-state index contributed by atoms with van der Waals surface area (Å²) >= 11 is 1.38. The molecule has 0 fully saturated rings. The van der Waals surface area contributed by atoms with Gasteiger partial charge in [-0.05, 0) is 46.0 Å². The summed E-state index contributed by atoms with van der Waals surface area (Å²) in [5.74, 6) is -0.724. The van der Waals surface area contributed by atoms with Crippen LogP contribution in [0.5, 0.6) is 0 Å². The van der Waals surface area contributed by atoms with Crippen LogP contribution in [0.2, 0.25) is 0 Å². The van der Waals surface area contributed by atoms with Gasteiger partial charge in [-0.3, -0.25) is 10.1 Å². The Labute approximate surface area is 251 Å². The van der Waals surface area contributed by atoms with Gasteiger partial charge in [0.25, 0.3) is 5.69 Å². The lowest BCUT2D eigenvalue weighted by molar-refractivity contribution is -0.384. The summed E-state index contributed by atoms with van der Waals surface area (Å²) in [6.07, 6.45) is -0.586. The van der Waals surface area contributed by atoms with Crippen LogP contribution in [0.4, 0.5) is 10.5 Å². The van der Waals surface area contributed by atoms with Crippen molar-refractivity contribution < 1.29 is 24.0 Å². The third kappa shape index (κ3) is 5.69. The fourth-order valence-corrected chi connectivity index (χ4v) is 6.53. The first kappa shape index (κ1) is 28.0. The standard InChI is InChI=1S/C33H27N3O6S/c1-41-32(37)30(35-33(38)42-19-28-24-10-4-2-8-22(24)23-9-3-5-11-25(23)28)18-27-26-12-6-7-13-29(26)34-31(27)43-21-16-14-20(15-17-21)36(39)40/h2-17,28,30,34H,18-19H2,1H3,(H,35,38)/t30-/m0/s1. The number of nitro groups is 1. The third-order valence-electron chi connectivity index (χ3n) is 7.57. The van der Waals surface area contributed by atoms with Crippen molar-refractivity contribution in [3.05, 3.63) is 124 Å². The molecule has 10 heteroatoms. The van der Waals surface area contributed by atoms with Crippen molar-refractivity contribution in [1.29, 1.82) is 0 Å². The maximum Gasteiger partial charge on any atom is 0.407 e. The molecule has 0 saturated heterocycles. The average Bonchev–Trinajstić information content (AvgIpc) is 3.54. The molecule has 0 aliphatic heterocycles. The zero-order valence-electron chi connectivity index (χ0n) is 23.1. The Morgan fingerprint density at radius 2 is 1.56 bits per heavy atom. The predicted molar refractivity (Wildman–Crippen MR) is 163 cm³/mol. The number of fused-ring (bicyclic) bond motifs is 4. The summed E-state index contributed by atoms with van der Waals surface area (Å²) in [5, 5.41) is 15.4. The van der Waals surface area contributed by atoms with Crippen LogP contribution < -0.4 is 5.32 Å². The molecule has 4 aromatic carbocycles. The monoisotopic (exact) mass is 593 g/mol. The Balaban J connectivity index is 1.21. The van der Waals surface area contributed by atoms with Gasteiger partial charge in [0.2, 0.25) is 0 Å². The highest BCUT2D eigenvalue weighted by Gasteiger charge is 2.30. The highest BCUT2D eigenvalue weighted by molar-refractivity contribution is 7.99. The Bertz CT molecular complexity index is 1790.